The average molecular weight is 363 g/mol. The van der Waals surface area contributed by atoms with Crippen LogP contribution in [0.3, 0.4) is 0 Å². The molecular formula is C25H30O2. The topological polar surface area (TPSA) is 26.3 Å². The monoisotopic (exact) mass is 362 g/mol. The molecule has 2 aliphatic rings. The summed E-state index contributed by atoms with van der Waals surface area (Å²) in [6.07, 6.45) is 10.1. The van der Waals surface area contributed by atoms with Gasteiger partial charge in [-0.05, 0) is 61.1 Å². The SMILES string of the molecule is O=C(OC1CCC(c2ccc(-c3ccccc3)cc2)CC1)C1CCCCC1. The third-order valence-electron chi connectivity index (χ3n) is 6.38. The van der Waals surface area contributed by atoms with Crippen LogP contribution in [0, 0.1) is 5.92 Å². The lowest BCUT2D eigenvalue weighted by Crippen LogP contribution is -2.28. The summed E-state index contributed by atoms with van der Waals surface area (Å²) >= 11 is 0. The first kappa shape index (κ1) is 18.3. The summed E-state index contributed by atoms with van der Waals surface area (Å²) in [5, 5.41) is 0. The maximum absolute atomic E-state index is 12.4. The molecule has 2 aliphatic carbocycles. The van der Waals surface area contributed by atoms with Crippen LogP contribution < -0.4 is 0 Å². The molecule has 4 rings (SSSR count). The zero-order chi connectivity index (χ0) is 18.5. The van der Waals surface area contributed by atoms with Gasteiger partial charge in [0.2, 0.25) is 0 Å². The lowest BCUT2D eigenvalue weighted by Gasteiger charge is -2.30. The second-order valence-corrected chi connectivity index (χ2v) is 8.23. The minimum atomic E-state index is 0.0744. The lowest BCUT2D eigenvalue weighted by atomic mass is 9.82. The van der Waals surface area contributed by atoms with Crippen LogP contribution >= 0.6 is 0 Å². The first-order chi connectivity index (χ1) is 13.3. The minimum Gasteiger partial charge on any atom is -0.462 e. The smallest absolute Gasteiger partial charge is 0.309 e. The van der Waals surface area contributed by atoms with E-state index in [9.17, 15) is 4.79 Å². The fourth-order valence-corrected chi connectivity index (χ4v) is 4.69. The number of rotatable bonds is 4. The molecule has 0 aliphatic heterocycles. The zero-order valence-electron chi connectivity index (χ0n) is 16.1. The first-order valence-corrected chi connectivity index (χ1v) is 10.7. The third kappa shape index (κ3) is 4.61. The molecule has 27 heavy (non-hydrogen) atoms. The van der Waals surface area contributed by atoms with Crippen LogP contribution in [0.2, 0.25) is 0 Å². The average Bonchev–Trinajstić information content (AvgIpc) is 2.76. The molecule has 0 saturated heterocycles. The molecule has 0 heterocycles. The molecular weight excluding hydrogens is 332 g/mol. The van der Waals surface area contributed by atoms with Crippen molar-refractivity contribution in [1.82, 2.24) is 0 Å². The van der Waals surface area contributed by atoms with E-state index < -0.39 is 0 Å². The molecule has 0 atom stereocenters. The van der Waals surface area contributed by atoms with Crippen molar-refractivity contribution in [3.05, 3.63) is 60.2 Å². The van der Waals surface area contributed by atoms with Crippen molar-refractivity contribution in [3.8, 4) is 11.1 Å². The highest BCUT2D eigenvalue weighted by molar-refractivity contribution is 5.72. The third-order valence-corrected chi connectivity index (χ3v) is 6.38. The van der Waals surface area contributed by atoms with Gasteiger partial charge in [-0.25, -0.2) is 0 Å². The van der Waals surface area contributed by atoms with Crippen molar-refractivity contribution in [3.63, 3.8) is 0 Å². The van der Waals surface area contributed by atoms with Crippen LogP contribution in [0.5, 0.6) is 0 Å². The Hall–Kier alpha value is -2.09. The summed E-state index contributed by atoms with van der Waals surface area (Å²) in [6, 6.07) is 19.6. The first-order valence-electron chi connectivity index (χ1n) is 10.7. The van der Waals surface area contributed by atoms with Crippen molar-refractivity contribution in [1.29, 1.82) is 0 Å². The largest absolute Gasteiger partial charge is 0.462 e. The normalized spacial score (nSPS) is 23.7. The second-order valence-electron chi connectivity index (χ2n) is 8.23. The van der Waals surface area contributed by atoms with Gasteiger partial charge in [0.25, 0.3) is 0 Å². The molecule has 0 aromatic heterocycles. The van der Waals surface area contributed by atoms with Gasteiger partial charge < -0.3 is 4.74 Å². The van der Waals surface area contributed by atoms with Gasteiger partial charge >= 0.3 is 5.97 Å². The van der Waals surface area contributed by atoms with E-state index in [-0.39, 0.29) is 18.0 Å². The van der Waals surface area contributed by atoms with E-state index >= 15 is 0 Å². The predicted molar refractivity (Wildman–Crippen MR) is 110 cm³/mol. The molecule has 0 spiro atoms. The Labute approximate surface area is 162 Å². The van der Waals surface area contributed by atoms with Gasteiger partial charge in [0.1, 0.15) is 6.10 Å². The quantitative estimate of drug-likeness (QED) is 0.580. The van der Waals surface area contributed by atoms with Gasteiger partial charge in [-0.3, -0.25) is 4.79 Å². The summed E-state index contributed by atoms with van der Waals surface area (Å²) in [5.41, 5.74) is 3.96. The molecule has 2 aromatic rings. The van der Waals surface area contributed by atoms with Gasteiger partial charge in [0, 0.05) is 0 Å². The van der Waals surface area contributed by atoms with Gasteiger partial charge in [-0.1, -0.05) is 73.9 Å². The zero-order valence-corrected chi connectivity index (χ0v) is 16.1. The van der Waals surface area contributed by atoms with E-state index in [1.807, 2.05) is 0 Å². The fraction of sp³-hybridized carbons (Fsp3) is 0.480. The number of hydrogen-bond acceptors (Lipinski definition) is 2. The summed E-state index contributed by atoms with van der Waals surface area (Å²) in [6.45, 7) is 0. The number of carbonyl (C=O) groups is 1. The summed E-state index contributed by atoms with van der Waals surface area (Å²) < 4.78 is 5.85. The van der Waals surface area contributed by atoms with Crippen molar-refractivity contribution >= 4 is 5.97 Å². The maximum Gasteiger partial charge on any atom is 0.309 e. The molecule has 2 saturated carbocycles. The molecule has 2 aromatic carbocycles. The van der Waals surface area contributed by atoms with Crippen LogP contribution in [0.25, 0.3) is 11.1 Å². The molecule has 142 valence electrons. The van der Waals surface area contributed by atoms with Crippen LogP contribution in [0.15, 0.2) is 54.6 Å². The minimum absolute atomic E-state index is 0.0744. The predicted octanol–water partition coefficient (Wildman–Crippen LogP) is 6.50. The maximum atomic E-state index is 12.4. The molecule has 0 bridgehead atoms. The van der Waals surface area contributed by atoms with E-state index in [2.05, 4.69) is 54.6 Å². The van der Waals surface area contributed by atoms with Crippen molar-refractivity contribution in [2.75, 3.05) is 0 Å². The van der Waals surface area contributed by atoms with Gasteiger partial charge in [0.15, 0.2) is 0 Å². The van der Waals surface area contributed by atoms with E-state index in [0.29, 0.717) is 5.92 Å². The van der Waals surface area contributed by atoms with Crippen molar-refractivity contribution in [2.45, 2.75) is 69.8 Å². The van der Waals surface area contributed by atoms with E-state index in [1.165, 1.54) is 36.0 Å². The molecule has 2 fully saturated rings. The van der Waals surface area contributed by atoms with Gasteiger partial charge in [0.05, 0.1) is 5.92 Å². The Kier molecular flexibility index (Phi) is 5.91. The highest BCUT2D eigenvalue weighted by atomic mass is 16.5. The van der Waals surface area contributed by atoms with Crippen LogP contribution in [0.1, 0.15) is 69.3 Å². The Morgan fingerprint density at radius 3 is 2.00 bits per heavy atom. The fourth-order valence-electron chi connectivity index (χ4n) is 4.69. The Bertz CT molecular complexity index is 721. The van der Waals surface area contributed by atoms with E-state index in [0.717, 1.165) is 38.5 Å². The van der Waals surface area contributed by atoms with Gasteiger partial charge in [-0.2, -0.15) is 0 Å². The molecule has 2 nitrogen and oxygen atoms in total. The number of esters is 1. The summed E-state index contributed by atoms with van der Waals surface area (Å²) in [5.74, 6) is 0.840. The van der Waals surface area contributed by atoms with E-state index in [1.54, 1.807) is 0 Å². The van der Waals surface area contributed by atoms with Crippen molar-refractivity contribution < 1.29 is 9.53 Å². The number of hydrogen-bond donors (Lipinski definition) is 0. The molecule has 0 radical (unpaired) electrons. The highest BCUT2D eigenvalue weighted by Gasteiger charge is 2.28. The Morgan fingerprint density at radius 1 is 0.704 bits per heavy atom. The molecule has 0 amide bonds. The number of carbonyl (C=O) groups excluding carboxylic acids is 1. The number of ether oxygens (including phenoxy) is 1. The molecule has 2 heteroatoms. The second kappa shape index (κ2) is 8.73. The lowest BCUT2D eigenvalue weighted by molar-refractivity contribution is -0.156. The summed E-state index contributed by atoms with van der Waals surface area (Å²) in [4.78, 5) is 12.4. The van der Waals surface area contributed by atoms with Crippen molar-refractivity contribution in [2.24, 2.45) is 5.92 Å². The Balaban J connectivity index is 1.29. The van der Waals surface area contributed by atoms with Crippen LogP contribution in [-0.4, -0.2) is 12.1 Å². The van der Waals surface area contributed by atoms with Crippen LogP contribution in [0.4, 0.5) is 0 Å². The van der Waals surface area contributed by atoms with Gasteiger partial charge in [-0.15, -0.1) is 0 Å². The Morgan fingerprint density at radius 2 is 1.33 bits per heavy atom. The standard InChI is InChI=1S/C25H30O2/c26-25(23-9-5-2-6-10-23)27-24-17-15-22(16-18-24)21-13-11-20(12-14-21)19-7-3-1-4-8-19/h1,3-4,7-8,11-14,22-24H,2,5-6,9-10,15-18H2. The highest BCUT2D eigenvalue weighted by Crippen LogP contribution is 2.36. The molecule has 0 N–H and O–H groups in total. The van der Waals surface area contributed by atoms with Crippen LogP contribution in [-0.2, 0) is 9.53 Å². The van der Waals surface area contributed by atoms with E-state index in [4.69, 9.17) is 4.74 Å². The summed E-state index contributed by atoms with van der Waals surface area (Å²) in [7, 11) is 0. The molecule has 0 unspecified atom stereocenters. The number of benzene rings is 2.